The van der Waals surface area contributed by atoms with Gasteiger partial charge in [-0.2, -0.15) is 5.10 Å². The minimum Gasteiger partial charge on any atom is -0.497 e. The molecule has 1 aliphatic heterocycles. The van der Waals surface area contributed by atoms with Crippen molar-refractivity contribution in [1.82, 2.24) is 5.01 Å². The summed E-state index contributed by atoms with van der Waals surface area (Å²) in [6, 6.07) is 17.0. The first-order valence-corrected chi connectivity index (χ1v) is 9.78. The van der Waals surface area contributed by atoms with Gasteiger partial charge in [0.15, 0.2) is 0 Å². The van der Waals surface area contributed by atoms with Crippen LogP contribution in [0.4, 0.5) is 5.69 Å². The molecule has 29 heavy (non-hydrogen) atoms. The lowest BCUT2D eigenvalue weighted by Gasteiger charge is -2.21. The molecule has 1 aromatic heterocycles. The highest BCUT2D eigenvalue weighted by molar-refractivity contribution is 7.12. The second-order valence-electron chi connectivity index (χ2n) is 6.48. The summed E-state index contributed by atoms with van der Waals surface area (Å²) in [5.74, 6) is 0.467. The summed E-state index contributed by atoms with van der Waals surface area (Å²) in [5.41, 5.74) is 2.23. The zero-order valence-electron chi connectivity index (χ0n) is 15.5. The zero-order valence-corrected chi connectivity index (χ0v) is 16.3. The highest BCUT2D eigenvalue weighted by Gasteiger charge is 2.34. The van der Waals surface area contributed by atoms with Crippen LogP contribution in [0.3, 0.4) is 0 Å². The number of benzene rings is 2. The average molecular weight is 407 g/mol. The molecular weight excluding hydrogens is 390 g/mol. The van der Waals surface area contributed by atoms with Gasteiger partial charge in [0.05, 0.1) is 28.7 Å². The first-order valence-electron chi connectivity index (χ1n) is 8.90. The SMILES string of the molecule is COc1cccc(C2=NN(C(=O)c3cccs3)[C@@H](c3cccc([N+](=O)[O-])c3)C2)c1. The van der Waals surface area contributed by atoms with Crippen molar-refractivity contribution < 1.29 is 14.5 Å². The van der Waals surface area contributed by atoms with Gasteiger partial charge in [0.25, 0.3) is 11.6 Å². The molecule has 7 nitrogen and oxygen atoms in total. The third kappa shape index (κ3) is 3.74. The summed E-state index contributed by atoms with van der Waals surface area (Å²) in [6.45, 7) is 0. The summed E-state index contributed by atoms with van der Waals surface area (Å²) >= 11 is 1.34. The number of carbonyl (C=O) groups excluding carboxylic acids is 1. The molecule has 3 aromatic rings. The predicted molar refractivity (Wildman–Crippen MR) is 110 cm³/mol. The molecule has 2 aromatic carbocycles. The van der Waals surface area contributed by atoms with Gasteiger partial charge in [0.1, 0.15) is 5.75 Å². The molecule has 2 heterocycles. The number of rotatable bonds is 5. The van der Waals surface area contributed by atoms with Crippen LogP contribution >= 0.6 is 11.3 Å². The summed E-state index contributed by atoms with van der Waals surface area (Å²) < 4.78 is 5.29. The fourth-order valence-electron chi connectivity index (χ4n) is 3.29. The molecule has 0 fully saturated rings. The van der Waals surface area contributed by atoms with Gasteiger partial charge in [0, 0.05) is 24.1 Å². The Bertz CT molecular complexity index is 1090. The molecule has 146 valence electrons. The number of nitro benzene ring substituents is 1. The number of methoxy groups -OCH3 is 1. The normalized spacial score (nSPS) is 15.8. The van der Waals surface area contributed by atoms with Crippen LogP contribution in [0.15, 0.2) is 71.1 Å². The molecule has 0 aliphatic carbocycles. The van der Waals surface area contributed by atoms with Gasteiger partial charge >= 0.3 is 0 Å². The van der Waals surface area contributed by atoms with E-state index in [1.807, 2.05) is 35.7 Å². The number of thiophene rings is 1. The maximum atomic E-state index is 13.1. The Morgan fingerprint density at radius 1 is 1.21 bits per heavy atom. The van der Waals surface area contributed by atoms with Crippen molar-refractivity contribution in [3.8, 4) is 5.75 Å². The van der Waals surface area contributed by atoms with Crippen LogP contribution < -0.4 is 4.74 Å². The molecule has 1 amide bonds. The van der Waals surface area contributed by atoms with Crippen LogP contribution in [0.2, 0.25) is 0 Å². The molecule has 0 unspecified atom stereocenters. The van der Waals surface area contributed by atoms with Crippen molar-refractivity contribution in [2.75, 3.05) is 7.11 Å². The van der Waals surface area contributed by atoms with Crippen molar-refractivity contribution in [3.05, 3.63) is 92.2 Å². The number of hydrogen-bond acceptors (Lipinski definition) is 6. The Balaban J connectivity index is 1.75. The minimum absolute atomic E-state index is 0.0131. The Labute approximate surface area is 171 Å². The van der Waals surface area contributed by atoms with Crippen molar-refractivity contribution in [2.45, 2.75) is 12.5 Å². The predicted octanol–water partition coefficient (Wildman–Crippen LogP) is 4.66. The molecule has 0 radical (unpaired) electrons. The topological polar surface area (TPSA) is 85.0 Å². The molecule has 4 rings (SSSR count). The lowest BCUT2D eigenvalue weighted by Crippen LogP contribution is -2.26. The molecule has 0 spiro atoms. The quantitative estimate of drug-likeness (QED) is 0.455. The average Bonchev–Trinajstić information content (AvgIpc) is 3.44. The summed E-state index contributed by atoms with van der Waals surface area (Å²) in [7, 11) is 1.59. The number of nitrogens with zero attached hydrogens (tertiary/aromatic N) is 3. The van der Waals surface area contributed by atoms with E-state index in [0.717, 1.165) is 11.3 Å². The van der Waals surface area contributed by atoms with Gasteiger partial charge in [-0.15, -0.1) is 11.3 Å². The van der Waals surface area contributed by atoms with E-state index in [2.05, 4.69) is 5.10 Å². The number of amides is 1. The number of nitro groups is 1. The van der Waals surface area contributed by atoms with Crippen LogP contribution in [0.25, 0.3) is 0 Å². The van der Waals surface area contributed by atoms with E-state index >= 15 is 0 Å². The number of non-ortho nitro benzene ring substituents is 1. The van der Waals surface area contributed by atoms with Crippen LogP contribution in [-0.4, -0.2) is 28.7 Å². The summed E-state index contributed by atoms with van der Waals surface area (Å²) in [5, 5.41) is 19.1. The van der Waals surface area contributed by atoms with E-state index in [4.69, 9.17) is 4.74 Å². The van der Waals surface area contributed by atoms with E-state index in [1.165, 1.54) is 28.5 Å². The maximum Gasteiger partial charge on any atom is 0.284 e. The second kappa shape index (κ2) is 7.84. The molecule has 0 saturated heterocycles. The van der Waals surface area contributed by atoms with Gasteiger partial charge in [-0.25, -0.2) is 5.01 Å². The Morgan fingerprint density at radius 3 is 2.76 bits per heavy atom. The largest absolute Gasteiger partial charge is 0.497 e. The van der Waals surface area contributed by atoms with E-state index in [1.54, 1.807) is 25.3 Å². The highest BCUT2D eigenvalue weighted by atomic mass is 32.1. The second-order valence-corrected chi connectivity index (χ2v) is 7.43. The standard InChI is InChI=1S/C21H17N3O4S/c1-28-17-8-3-5-14(12-17)18-13-19(15-6-2-7-16(11-15)24(26)27)23(22-18)21(25)20-9-4-10-29-20/h2-12,19H,13H2,1H3/t19-/m1/s1. The van der Waals surface area contributed by atoms with Crippen LogP contribution in [0.5, 0.6) is 5.75 Å². The molecular formula is C21H17N3O4S. The van der Waals surface area contributed by atoms with E-state index < -0.39 is 11.0 Å². The van der Waals surface area contributed by atoms with Crippen molar-refractivity contribution in [2.24, 2.45) is 5.10 Å². The lowest BCUT2D eigenvalue weighted by molar-refractivity contribution is -0.384. The maximum absolute atomic E-state index is 13.1. The van der Waals surface area contributed by atoms with Gasteiger partial charge in [-0.3, -0.25) is 14.9 Å². The van der Waals surface area contributed by atoms with Crippen LogP contribution in [0, 0.1) is 10.1 Å². The molecule has 1 atom stereocenters. The Kier molecular flexibility index (Phi) is 5.09. The van der Waals surface area contributed by atoms with Crippen LogP contribution in [-0.2, 0) is 0 Å². The third-order valence-corrected chi connectivity index (χ3v) is 5.58. The smallest absolute Gasteiger partial charge is 0.284 e. The molecule has 0 saturated carbocycles. The molecule has 1 aliphatic rings. The number of hydrazone groups is 1. The first kappa shape index (κ1) is 18.8. The minimum atomic E-state index is -0.437. The van der Waals surface area contributed by atoms with Gasteiger partial charge in [-0.1, -0.05) is 30.3 Å². The Morgan fingerprint density at radius 2 is 2.03 bits per heavy atom. The molecule has 8 heteroatoms. The van der Waals surface area contributed by atoms with Crippen molar-refractivity contribution in [3.63, 3.8) is 0 Å². The zero-order chi connectivity index (χ0) is 20.4. The van der Waals surface area contributed by atoms with E-state index in [-0.39, 0.29) is 11.6 Å². The molecule has 0 N–H and O–H groups in total. The summed E-state index contributed by atoms with van der Waals surface area (Å²) in [4.78, 5) is 24.4. The number of ether oxygens (including phenoxy) is 1. The van der Waals surface area contributed by atoms with Crippen molar-refractivity contribution in [1.29, 1.82) is 0 Å². The fourth-order valence-corrected chi connectivity index (χ4v) is 3.95. The monoisotopic (exact) mass is 407 g/mol. The van der Waals surface area contributed by atoms with Gasteiger partial charge in [0.2, 0.25) is 0 Å². The van der Waals surface area contributed by atoms with Gasteiger partial charge in [-0.05, 0) is 29.1 Å². The van der Waals surface area contributed by atoms with E-state index in [0.29, 0.717) is 22.6 Å². The van der Waals surface area contributed by atoms with Gasteiger partial charge < -0.3 is 4.74 Å². The Hall–Kier alpha value is -3.52. The fraction of sp³-hybridized carbons (Fsp3) is 0.143. The lowest BCUT2D eigenvalue weighted by atomic mass is 9.98. The van der Waals surface area contributed by atoms with Crippen molar-refractivity contribution >= 4 is 28.6 Å². The summed E-state index contributed by atoms with van der Waals surface area (Å²) in [6.07, 6.45) is 0.450. The highest BCUT2D eigenvalue weighted by Crippen LogP contribution is 2.36. The first-order chi connectivity index (χ1) is 14.1. The van der Waals surface area contributed by atoms with Crippen LogP contribution in [0.1, 0.15) is 33.3 Å². The number of carbonyl (C=O) groups is 1. The molecule has 0 bridgehead atoms. The number of hydrogen-bond donors (Lipinski definition) is 0. The van der Waals surface area contributed by atoms with E-state index in [9.17, 15) is 14.9 Å². The third-order valence-electron chi connectivity index (χ3n) is 4.72.